The minimum Gasteiger partial charge on any atom is -0.309 e. The molecule has 1 aromatic heterocycles. The number of aromatic nitrogens is 2. The lowest BCUT2D eigenvalue weighted by Gasteiger charge is -2.16. The third-order valence-corrected chi connectivity index (χ3v) is 2.28. The van der Waals surface area contributed by atoms with Gasteiger partial charge in [0.25, 0.3) is 0 Å². The van der Waals surface area contributed by atoms with Crippen molar-refractivity contribution in [3.63, 3.8) is 0 Å². The van der Waals surface area contributed by atoms with Crippen LogP contribution in [0.2, 0.25) is 0 Å². The topological polar surface area (TPSA) is 41.0 Å². The van der Waals surface area contributed by atoms with Gasteiger partial charge >= 0.3 is 0 Å². The van der Waals surface area contributed by atoms with Gasteiger partial charge in [0.05, 0.1) is 5.69 Å². The molecule has 4 nitrogen and oxygen atoms in total. The van der Waals surface area contributed by atoms with E-state index in [-0.39, 0.29) is 0 Å². The quantitative estimate of drug-likeness (QED) is 0.754. The standard InChI is InChI=1S/C11H20N4/c1-10(5-7-15(2)3)13-8-11-4-6-12-9-14-11/h4,6,9-10,13H,5,7-8H2,1-3H3. The molecule has 0 aromatic carbocycles. The molecule has 1 unspecified atom stereocenters. The maximum absolute atomic E-state index is 4.16. The van der Waals surface area contributed by atoms with Gasteiger partial charge in [-0.2, -0.15) is 0 Å². The molecule has 0 fully saturated rings. The van der Waals surface area contributed by atoms with E-state index in [2.05, 4.69) is 41.2 Å². The van der Waals surface area contributed by atoms with Crippen molar-refractivity contribution in [3.8, 4) is 0 Å². The predicted octanol–water partition coefficient (Wildman–Crippen LogP) is 0.906. The van der Waals surface area contributed by atoms with Crippen LogP contribution in [0.1, 0.15) is 19.0 Å². The molecule has 1 atom stereocenters. The molecule has 1 rings (SSSR count). The fourth-order valence-electron chi connectivity index (χ4n) is 1.26. The molecule has 0 bridgehead atoms. The lowest BCUT2D eigenvalue weighted by atomic mass is 10.2. The molecule has 15 heavy (non-hydrogen) atoms. The molecule has 0 amide bonds. The highest BCUT2D eigenvalue weighted by molar-refractivity contribution is 4.97. The van der Waals surface area contributed by atoms with E-state index < -0.39 is 0 Å². The summed E-state index contributed by atoms with van der Waals surface area (Å²) in [5.74, 6) is 0. The van der Waals surface area contributed by atoms with Crippen LogP contribution in [-0.2, 0) is 6.54 Å². The van der Waals surface area contributed by atoms with E-state index in [1.165, 1.54) is 0 Å². The van der Waals surface area contributed by atoms with Crippen LogP contribution in [0.25, 0.3) is 0 Å². The Labute approximate surface area is 91.7 Å². The average Bonchev–Trinajstić information content (AvgIpc) is 2.25. The van der Waals surface area contributed by atoms with Crippen molar-refractivity contribution in [2.45, 2.75) is 25.9 Å². The lowest BCUT2D eigenvalue weighted by molar-refractivity contribution is 0.365. The van der Waals surface area contributed by atoms with Gasteiger partial charge in [-0.05, 0) is 40.1 Å². The van der Waals surface area contributed by atoms with Crippen molar-refractivity contribution in [1.82, 2.24) is 20.2 Å². The van der Waals surface area contributed by atoms with Gasteiger partial charge in [0.2, 0.25) is 0 Å². The summed E-state index contributed by atoms with van der Waals surface area (Å²) < 4.78 is 0. The van der Waals surface area contributed by atoms with E-state index in [0.29, 0.717) is 6.04 Å². The average molecular weight is 208 g/mol. The Kier molecular flexibility index (Phi) is 5.21. The summed E-state index contributed by atoms with van der Waals surface area (Å²) in [5, 5.41) is 3.44. The van der Waals surface area contributed by atoms with E-state index in [1.54, 1.807) is 12.5 Å². The molecule has 0 aliphatic heterocycles. The Morgan fingerprint density at radius 2 is 2.27 bits per heavy atom. The summed E-state index contributed by atoms with van der Waals surface area (Å²) in [6.45, 7) is 4.12. The highest BCUT2D eigenvalue weighted by atomic mass is 15.1. The Bertz CT molecular complexity index is 261. The molecule has 1 aromatic rings. The van der Waals surface area contributed by atoms with Crippen LogP contribution in [0.3, 0.4) is 0 Å². The van der Waals surface area contributed by atoms with Gasteiger partial charge in [-0.1, -0.05) is 0 Å². The molecule has 0 aliphatic carbocycles. The van der Waals surface area contributed by atoms with E-state index in [1.807, 2.05) is 6.07 Å². The number of hydrogen-bond acceptors (Lipinski definition) is 4. The van der Waals surface area contributed by atoms with Crippen LogP contribution in [0.5, 0.6) is 0 Å². The summed E-state index contributed by atoms with van der Waals surface area (Å²) in [6, 6.07) is 2.45. The third kappa shape index (κ3) is 5.44. The van der Waals surface area contributed by atoms with Crippen LogP contribution < -0.4 is 5.32 Å². The van der Waals surface area contributed by atoms with Crippen molar-refractivity contribution >= 4 is 0 Å². The fraction of sp³-hybridized carbons (Fsp3) is 0.636. The Balaban J connectivity index is 2.19. The van der Waals surface area contributed by atoms with E-state index in [0.717, 1.165) is 25.2 Å². The van der Waals surface area contributed by atoms with E-state index >= 15 is 0 Å². The highest BCUT2D eigenvalue weighted by Gasteiger charge is 2.02. The van der Waals surface area contributed by atoms with Crippen LogP contribution in [0.4, 0.5) is 0 Å². The van der Waals surface area contributed by atoms with Gasteiger partial charge < -0.3 is 10.2 Å². The largest absolute Gasteiger partial charge is 0.309 e. The summed E-state index contributed by atoms with van der Waals surface area (Å²) in [5.41, 5.74) is 1.04. The molecule has 0 saturated heterocycles. The normalized spacial score (nSPS) is 13.1. The lowest BCUT2D eigenvalue weighted by Crippen LogP contribution is -2.29. The van der Waals surface area contributed by atoms with Gasteiger partial charge in [0, 0.05) is 18.8 Å². The second kappa shape index (κ2) is 6.48. The van der Waals surface area contributed by atoms with Gasteiger partial charge in [0.15, 0.2) is 0 Å². The van der Waals surface area contributed by atoms with Gasteiger partial charge in [0.1, 0.15) is 6.33 Å². The molecular formula is C11H20N4. The summed E-state index contributed by atoms with van der Waals surface area (Å²) in [4.78, 5) is 10.2. The first-order valence-corrected chi connectivity index (χ1v) is 5.31. The molecule has 0 radical (unpaired) electrons. The van der Waals surface area contributed by atoms with Gasteiger partial charge in [-0.3, -0.25) is 0 Å². The number of nitrogens with zero attached hydrogens (tertiary/aromatic N) is 3. The van der Waals surface area contributed by atoms with Gasteiger partial charge in [-0.25, -0.2) is 9.97 Å². The Hall–Kier alpha value is -1.00. The number of nitrogens with one attached hydrogen (secondary N) is 1. The first kappa shape index (κ1) is 12.1. The van der Waals surface area contributed by atoms with Crippen molar-refractivity contribution < 1.29 is 0 Å². The zero-order valence-corrected chi connectivity index (χ0v) is 9.77. The van der Waals surface area contributed by atoms with Crippen LogP contribution in [0, 0.1) is 0 Å². The molecule has 4 heteroatoms. The Morgan fingerprint density at radius 1 is 1.47 bits per heavy atom. The molecular weight excluding hydrogens is 188 g/mol. The predicted molar refractivity (Wildman–Crippen MR) is 61.5 cm³/mol. The fourth-order valence-corrected chi connectivity index (χ4v) is 1.26. The van der Waals surface area contributed by atoms with Crippen LogP contribution in [-0.4, -0.2) is 41.5 Å². The van der Waals surface area contributed by atoms with Crippen LogP contribution >= 0.6 is 0 Å². The third-order valence-electron chi connectivity index (χ3n) is 2.28. The zero-order chi connectivity index (χ0) is 11.1. The Morgan fingerprint density at radius 3 is 2.87 bits per heavy atom. The molecule has 84 valence electrons. The molecule has 1 N–H and O–H groups in total. The van der Waals surface area contributed by atoms with Crippen molar-refractivity contribution in [2.24, 2.45) is 0 Å². The zero-order valence-electron chi connectivity index (χ0n) is 9.77. The SMILES string of the molecule is CC(CCN(C)C)NCc1ccncn1. The monoisotopic (exact) mass is 208 g/mol. The highest BCUT2D eigenvalue weighted by Crippen LogP contribution is 1.95. The van der Waals surface area contributed by atoms with Crippen molar-refractivity contribution in [1.29, 1.82) is 0 Å². The second-order valence-electron chi connectivity index (χ2n) is 4.07. The van der Waals surface area contributed by atoms with Crippen molar-refractivity contribution in [2.75, 3.05) is 20.6 Å². The van der Waals surface area contributed by atoms with Crippen LogP contribution in [0.15, 0.2) is 18.6 Å². The summed E-state index contributed by atoms with van der Waals surface area (Å²) in [7, 11) is 4.19. The summed E-state index contributed by atoms with van der Waals surface area (Å²) in [6.07, 6.45) is 4.51. The second-order valence-corrected chi connectivity index (χ2v) is 4.07. The van der Waals surface area contributed by atoms with E-state index in [9.17, 15) is 0 Å². The van der Waals surface area contributed by atoms with Gasteiger partial charge in [-0.15, -0.1) is 0 Å². The maximum Gasteiger partial charge on any atom is 0.115 e. The molecule has 1 heterocycles. The summed E-state index contributed by atoms with van der Waals surface area (Å²) >= 11 is 0. The number of hydrogen-bond donors (Lipinski definition) is 1. The first-order chi connectivity index (χ1) is 7.18. The van der Waals surface area contributed by atoms with Crippen molar-refractivity contribution in [3.05, 3.63) is 24.3 Å². The number of rotatable bonds is 6. The maximum atomic E-state index is 4.16. The first-order valence-electron chi connectivity index (χ1n) is 5.31. The minimum atomic E-state index is 0.516. The molecule has 0 spiro atoms. The molecule has 0 aliphatic rings. The molecule has 0 saturated carbocycles. The minimum absolute atomic E-state index is 0.516. The smallest absolute Gasteiger partial charge is 0.115 e. The van der Waals surface area contributed by atoms with E-state index in [4.69, 9.17) is 0 Å².